The third-order valence-corrected chi connectivity index (χ3v) is 6.29. The van der Waals surface area contributed by atoms with Crippen LogP contribution in [0.4, 0.5) is 15.2 Å². The van der Waals surface area contributed by atoms with E-state index in [4.69, 9.17) is 14.8 Å². The van der Waals surface area contributed by atoms with Gasteiger partial charge in [-0.3, -0.25) is 9.59 Å². The number of carbonyl (C=O) groups is 2. The summed E-state index contributed by atoms with van der Waals surface area (Å²) in [5, 5.41) is 13.8. The molecule has 0 fully saturated rings. The molecule has 184 valence electrons. The molecule has 0 radical (unpaired) electrons. The minimum absolute atomic E-state index is 0.0512. The lowest BCUT2D eigenvalue weighted by molar-refractivity contribution is -0.136. The molecule has 0 atom stereocenters. The van der Waals surface area contributed by atoms with Crippen LogP contribution in [-0.4, -0.2) is 35.6 Å². The number of aromatic nitrogens is 1. The second kappa shape index (κ2) is 11.5. The van der Waals surface area contributed by atoms with Gasteiger partial charge in [-0.25, -0.2) is 9.37 Å². The Kier molecular flexibility index (Phi) is 7.92. The number of ether oxygens (including phenoxy) is 1. The first-order valence-electron chi connectivity index (χ1n) is 11.2. The standard InChI is InChI=1S/C27H24FN3O4S/c1-35-24-9-5-2-6-20(24)22-17-36-27(30-22)31(23-8-4-3-7-21(23)28)16-18-10-12-19(13-11-18)26(34)29-15-14-25(32)33/h2-13,17H,14-16H2,1H3,(H,29,34)(H,32,33). The van der Waals surface area contributed by atoms with Gasteiger partial charge >= 0.3 is 5.97 Å². The van der Waals surface area contributed by atoms with Crippen molar-refractivity contribution in [3.63, 3.8) is 0 Å². The minimum Gasteiger partial charge on any atom is -0.496 e. The Morgan fingerprint density at radius 2 is 1.78 bits per heavy atom. The summed E-state index contributed by atoms with van der Waals surface area (Å²) in [6, 6.07) is 21.0. The molecule has 0 aliphatic rings. The summed E-state index contributed by atoms with van der Waals surface area (Å²) in [6.07, 6.45) is -0.147. The maximum absolute atomic E-state index is 14.8. The number of rotatable bonds is 10. The summed E-state index contributed by atoms with van der Waals surface area (Å²) in [6.45, 7) is 0.371. The number of aliphatic carboxylic acids is 1. The molecule has 2 N–H and O–H groups in total. The van der Waals surface area contributed by atoms with Gasteiger partial charge in [0.05, 0.1) is 31.5 Å². The number of hydrogen-bond donors (Lipinski definition) is 2. The van der Waals surface area contributed by atoms with Gasteiger partial charge in [-0.1, -0.05) is 36.4 Å². The second-order valence-electron chi connectivity index (χ2n) is 7.85. The van der Waals surface area contributed by atoms with E-state index in [-0.39, 0.29) is 24.7 Å². The van der Waals surface area contributed by atoms with Crippen LogP contribution in [0.1, 0.15) is 22.3 Å². The van der Waals surface area contributed by atoms with E-state index in [0.29, 0.717) is 28.7 Å². The lowest BCUT2D eigenvalue weighted by Crippen LogP contribution is -2.26. The van der Waals surface area contributed by atoms with Crippen molar-refractivity contribution in [2.75, 3.05) is 18.6 Å². The Balaban J connectivity index is 1.59. The Hall–Kier alpha value is -4.24. The number of benzene rings is 3. The molecule has 1 amide bonds. The van der Waals surface area contributed by atoms with Crippen molar-refractivity contribution in [2.24, 2.45) is 0 Å². The summed E-state index contributed by atoms with van der Waals surface area (Å²) in [5.41, 5.74) is 3.20. The first-order chi connectivity index (χ1) is 17.5. The second-order valence-corrected chi connectivity index (χ2v) is 8.69. The van der Waals surface area contributed by atoms with Gasteiger partial charge in [0.1, 0.15) is 11.6 Å². The Bertz CT molecular complexity index is 1360. The minimum atomic E-state index is -0.977. The van der Waals surface area contributed by atoms with Gasteiger partial charge in [-0.05, 0) is 42.0 Å². The molecule has 4 aromatic rings. The summed E-state index contributed by atoms with van der Waals surface area (Å²) in [5.74, 6) is -1.00. The van der Waals surface area contributed by atoms with Crippen molar-refractivity contribution in [2.45, 2.75) is 13.0 Å². The van der Waals surface area contributed by atoms with Crippen LogP contribution in [0.3, 0.4) is 0 Å². The van der Waals surface area contributed by atoms with E-state index in [2.05, 4.69) is 5.32 Å². The van der Waals surface area contributed by atoms with E-state index < -0.39 is 5.97 Å². The largest absolute Gasteiger partial charge is 0.496 e. The number of methoxy groups -OCH3 is 1. The van der Waals surface area contributed by atoms with Crippen molar-refractivity contribution in [1.29, 1.82) is 0 Å². The van der Waals surface area contributed by atoms with Gasteiger partial charge < -0.3 is 20.1 Å². The average molecular weight is 506 g/mol. The molecule has 3 aromatic carbocycles. The zero-order chi connectivity index (χ0) is 25.5. The Labute approximate surface area is 211 Å². The number of carboxylic acids is 1. The summed E-state index contributed by atoms with van der Waals surface area (Å²) in [4.78, 5) is 29.5. The molecule has 0 aliphatic carbocycles. The van der Waals surface area contributed by atoms with Crippen LogP contribution in [-0.2, 0) is 11.3 Å². The smallest absolute Gasteiger partial charge is 0.305 e. The first kappa shape index (κ1) is 24.9. The summed E-state index contributed by atoms with van der Waals surface area (Å²) in [7, 11) is 1.61. The highest BCUT2D eigenvalue weighted by molar-refractivity contribution is 7.14. The van der Waals surface area contributed by atoms with Crippen LogP contribution in [0.25, 0.3) is 11.3 Å². The topological polar surface area (TPSA) is 91.8 Å². The fraction of sp³-hybridized carbons (Fsp3) is 0.148. The number of carboxylic acid groups (broad SMARTS) is 1. The predicted octanol–water partition coefficient (Wildman–Crippen LogP) is 5.50. The predicted molar refractivity (Wildman–Crippen MR) is 137 cm³/mol. The van der Waals surface area contributed by atoms with Gasteiger partial charge in [-0.2, -0.15) is 0 Å². The van der Waals surface area contributed by atoms with Gasteiger partial charge in [0.25, 0.3) is 5.91 Å². The molecule has 36 heavy (non-hydrogen) atoms. The van der Waals surface area contributed by atoms with E-state index in [1.165, 1.54) is 17.4 Å². The number of thiazole rings is 1. The van der Waals surface area contributed by atoms with Gasteiger partial charge in [0, 0.05) is 23.1 Å². The molecule has 1 heterocycles. The van der Waals surface area contributed by atoms with Gasteiger partial charge in [0.2, 0.25) is 0 Å². The van der Waals surface area contributed by atoms with Crippen molar-refractivity contribution in [3.8, 4) is 17.0 Å². The van der Waals surface area contributed by atoms with Crippen LogP contribution in [0, 0.1) is 5.82 Å². The van der Waals surface area contributed by atoms with E-state index in [0.717, 1.165) is 16.8 Å². The van der Waals surface area contributed by atoms with Crippen LogP contribution in [0.5, 0.6) is 5.75 Å². The van der Waals surface area contributed by atoms with E-state index in [9.17, 15) is 14.0 Å². The van der Waals surface area contributed by atoms with Crippen LogP contribution >= 0.6 is 11.3 Å². The third kappa shape index (κ3) is 5.87. The number of para-hydroxylation sites is 2. The van der Waals surface area contributed by atoms with E-state index in [1.807, 2.05) is 29.6 Å². The van der Waals surface area contributed by atoms with E-state index >= 15 is 0 Å². The van der Waals surface area contributed by atoms with Gasteiger partial charge in [0.15, 0.2) is 5.13 Å². The van der Waals surface area contributed by atoms with Crippen molar-refractivity contribution in [1.82, 2.24) is 10.3 Å². The fourth-order valence-electron chi connectivity index (χ4n) is 3.62. The number of nitrogens with zero attached hydrogens (tertiary/aromatic N) is 2. The lowest BCUT2D eigenvalue weighted by Gasteiger charge is -2.23. The molecule has 0 spiro atoms. The van der Waals surface area contributed by atoms with Crippen LogP contribution in [0.2, 0.25) is 0 Å². The highest BCUT2D eigenvalue weighted by atomic mass is 32.1. The van der Waals surface area contributed by atoms with Crippen LogP contribution < -0.4 is 15.0 Å². The molecule has 0 saturated heterocycles. The zero-order valence-electron chi connectivity index (χ0n) is 19.5. The number of carbonyl (C=O) groups excluding carboxylic acids is 1. The van der Waals surface area contributed by atoms with Crippen LogP contribution in [0.15, 0.2) is 78.2 Å². The fourth-order valence-corrected chi connectivity index (χ4v) is 4.46. The van der Waals surface area contributed by atoms with Gasteiger partial charge in [-0.15, -0.1) is 11.3 Å². The maximum Gasteiger partial charge on any atom is 0.305 e. The average Bonchev–Trinajstić information content (AvgIpc) is 3.38. The third-order valence-electron chi connectivity index (χ3n) is 5.43. The van der Waals surface area contributed by atoms with E-state index in [1.54, 1.807) is 54.5 Å². The highest BCUT2D eigenvalue weighted by Gasteiger charge is 2.19. The molecule has 0 unspecified atom stereocenters. The Morgan fingerprint density at radius 1 is 1.06 bits per heavy atom. The SMILES string of the molecule is COc1ccccc1-c1csc(N(Cc2ccc(C(=O)NCCC(=O)O)cc2)c2ccccc2F)n1. The first-order valence-corrected chi connectivity index (χ1v) is 12.0. The highest BCUT2D eigenvalue weighted by Crippen LogP contribution is 2.37. The quantitative estimate of drug-likeness (QED) is 0.296. The number of anilines is 2. The molecule has 1 aromatic heterocycles. The number of nitrogens with one attached hydrogen (secondary N) is 1. The molecule has 9 heteroatoms. The molecular weight excluding hydrogens is 481 g/mol. The van der Waals surface area contributed by atoms with Crippen molar-refractivity contribution >= 4 is 34.0 Å². The number of hydrogen-bond acceptors (Lipinski definition) is 6. The maximum atomic E-state index is 14.8. The summed E-state index contributed by atoms with van der Waals surface area (Å²) >= 11 is 1.39. The molecule has 0 bridgehead atoms. The normalized spacial score (nSPS) is 10.6. The zero-order valence-corrected chi connectivity index (χ0v) is 20.3. The lowest BCUT2D eigenvalue weighted by atomic mass is 10.1. The molecule has 7 nitrogen and oxygen atoms in total. The van der Waals surface area contributed by atoms with Crippen molar-refractivity contribution < 1.29 is 23.8 Å². The Morgan fingerprint density at radius 3 is 2.50 bits per heavy atom. The number of halogens is 1. The molecule has 0 saturated carbocycles. The number of amides is 1. The van der Waals surface area contributed by atoms with Crippen molar-refractivity contribution in [3.05, 3.63) is 95.1 Å². The molecule has 4 rings (SSSR count). The molecule has 0 aliphatic heterocycles. The monoisotopic (exact) mass is 505 g/mol. The molecular formula is C27H24FN3O4S. The summed E-state index contributed by atoms with van der Waals surface area (Å²) < 4.78 is 20.3.